The Morgan fingerprint density at radius 1 is 1.62 bits per heavy atom. The molecule has 2 heterocycles. The summed E-state index contributed by atoms with van der Waals surface area (Å²) in [5.41, 5.74) is 2.43. The number of methoxy groups -OCH3 is 1. The van der Waals surface area contributed by atoms with Gasteiger partial charge in [-0.05, 0) is 0 Å². The van der Waals surface area contributed by atoms with E-state index < -0.39 is 0 Å². The highest BCUT2D eigenvalue weighted by Crippen LogP contribution is 2.16. The van der Waals surface area contributed by atoms with Gasteiger partial charge in [-0.15, -0.1) is 11.3 Å². The van der Waals surface area contributed by atoms with Crippen LogP contribution in [0.25, 0.3) is 11.6 Å². The topological polar surface area (TPSA) is 61.0 Å². The van der Waals surface area contributed by atoms with Gasteiger partial charge in [-0.3, -0.25) is 0 Å². The van der Waals surface area contributed by atoms with E-state index in [1.54, 1.807) is 12.6 Å². The van der Waals surface area contributed by atoms with Gasteiger partial charge in [0.2, 0.25) is 0 Å². The molecule has 0 aromatic carbocycles. The smallest absolute Gasteiger partial charge is 0.277 e. The first-order valence-electron chi connectivity index (χ1n) is 3.60. The highest BCUT2D eigenvalue weighted by Gasteiger charge is 2.09. The Hall–Kier alpha value is -1.27. The van der Waals surface area contributed by atoms with Crippen molar-refractivity contribution >= 4 is 11.3 Å². The molecule has 6 heteroatoms. The van der Waals surface area contributed by atoms with E-state index in [9.17, 15) is 0 Å². The average molecular weight is 197 g/mol. The van der Waals surface area contributed by atoms with Crippen LogP contribution in [0.2, 0.25) is 0 Å². The van der Waals surface area contributed by atoms with Crippen molar-refractivity contribution in [2.75, 3.05) is 7.11 Å². The molecule has 13 heavy (non-hydrogen) atoms. The fraction of sp³-hybridized carbons (Fsp3) is 0.286. The van der Waals surface area contributed by atoms with Gasteiger partial charge in [0, 0.05) is 12.5 Å². The Labute approximate surface area is 78.4 Å². The summed E-state index contributed by atoms with van der Waals surface area (Å²) in [7, 11) is 1.58. The first kappa shape index (κ1) is 8.33. The summed E-state index contributed by atoms with van der Waals surface area (Å²) in [6.45, 7) is 0.355. The molecule has 0 amide bonds. The lowest BCUT2D eigenvalue weighted by molar-refractivity contribution is 0.174. The molecule has 0 saturated carbocycles. The van der Waals surface area contributed by atoms with Gasteiger partial charge < -0.3 is 9.26 Å². The predicted molar refractivity (Wildman–Crippen MR) is 46.1 cm³/mol. The zero-order chi connectivity index (χ0) is 9.10. The molecule has 2 aromatic heterocycles. The van der Waals surface area contributed by atoms with Gasteiger partial charge >= 0.3 is 0 Å². The lowest BCUT2D eigenvalue weighted by Gasteiger charge is -1.86. The molecule has 0 N–H and O–H groups in total. The van der Waals surface area contributed by atoms with Crippen molar-refractivity contribution in [2.24, 2.45) is 0 Å². The summed E-state index contributed by atoms with van der Waals surface area (Å²) in [6.07, 6.45) is 0. The molecular formula is C7H7N3O2S. The van der Waals surface area contributed by atoms with Gasteiger partial charge in [-0.1, -0.05) is 5.16 Å². The molecule has 0 unspecified atom stereocenters. The summed E-state index contributed by atoms with van der Waals surface area (Å²) in [5.74, 6) is 0.971. The molecule has 0 atom stereocenters. The van der Waals surface area contributed by atoms with Gasteiger partial charge in [0.15, 0.2) is 5.82 Å². The number of ether oxygens (including phenoxy) is 1. The molecule has 5 nitrogen and oxygen atoms in total. The van der Waals surface area contributed by atoms with Crippen LogP contribution < -0.4 is 0 Å². The fourth-order valence-electron chi connectivity index (χ4n) is 0.864. The van der Waals surface area contributed by atoms with Crippen LogP contribution in [0.15, 0.2) is 15.4 Å². The Balaban J connectivity index is 2.23. The Kier molecular flexibility index (Phi) is 2.33. The number of rotatable bonds is 3. The molecule has 68 valence electrons. The molecular weight excluding hydrogens is 190 g/mol. The van der Waals surface area contributed by atoms with E-state index in [4.69, 9.17) is 9.26 Å². The van der Waals surface area contributed by atoms with Gasteiger partial charge in [0.05, 0.1) is 5.51 Å². The van der Waals surface area contributed by atoms with Crippen LogP contribution >= 0.6 is 11.3 Å². The Morgan fingerprint density at radius 2 is 2.54 bits per heavy atom. The van der Waals surface area contributed by atoms with Gasteiger partial charge in [-0.25, -0.2) is 4.98 Å². The number of hydrogen-bond donors (Lipinski definition) is 0. The summed E-state index contributed by atoms with van der Waals surface area (Å²) in [6, 6.07) is 0. The number of thiazole rings is 1. The van der Waals surface area contributed by atoms with E-state index in [-0.39, 0.29) is 0 Å². The summed E-state index contributed by atoms with van der Waals surface area (Å²) < 4.78 is 9.82. The molecule has 0 aliphatic carbocycles. The molecule has 0 saturated heterocycles. The highest BCUT2D eigenvalue weighted by molar-refractivity contribution is 7.07. The normalized spacial score (nSPS) is 10.5. The van der Waals surface area contributed by atoms with Crippen LogP contribution in [0.4, 0.5) is 0 Å². The van der Waals surface area contributed by atoms with E-state index >= 15 is 0 Å². The average Bonchev–Trinajstić information content (AvgIpc) is 2.70. The zero-order valence-electron chi connectivity index (χ0n) is 6.93. The molecule has 2 aromatic rings. The summed E-state index contributed by atoms with van der Waals surface area (Å²) in [4.78, 5) is 8.13. The van der Waals surface area contributed by atoms with E-state index in [0.29, 0.717) is 24.0 Å². The minimum Gasteiger partial charge on any atom is -0.377 e. The minimum absolute atomic E-state index is 0.355. The predicted octanol–water partition coefficient (Wildman–Crippen LogP) is 1.34. The van der Waals surface area contributed by atoms with Crippen LogP contribution in [0.1, 0.15) is 5.82 Å². The molecule has 0 radical (unpaired) electrons. The molecule has 0 aliphatic rings. The Bertz CT molecular complexity index is 371. The van der Waals surface area contributed by atoms with E-state index in [0.717, 1.165) is 0 Å². The second-order valence-electron chi connectivity index (χ2n) is 2.32. The van der Waals surface area contributed by atoms with Crippen LogP contribution in [0.5, 0.6) is 0 Å². The standard InChI is InChI=1S/C7H7N3O2S/c1-11-2-6-9-7(12-10-6)5-3-13-4-8-5/h3-4H,2H2,1H3. The quantitative estimate of drug-likeness (QED) is 0.743. The maximum atomic E-state index is 4.96. The van der Waals surface area contributed by atoms with Crippen molar-refractivity contribution in [3.05, 3.63) is 16.7 Å². The van der Waals surface area contributed by atoms with Crippen molar-refractivity contribution < 1.29 is 9.26 Å². The van der Waals surface area contributed by atoms with Crippen molar-refractivity contribution in [1.29, 1.82) is 0 Å². The fourth-order valence-corrected chi connectivity index (χ4v) is 1.39. The molecule has 0 aliphatic heterocycles. The summed E-state index contributed by atoms with van der Waals surface area (Å²) in [5, 5.41) is 5.57. The molecule has 0 fully saturated rings. The number of aromatic nitrogens is 3. The molecule has 2 rings (SSSR count). The SMILES string of the molecule is COCc1noc(-c2cscn2)n1. The third kappa shape index (κ3) is 1.73. The first-order valence-corrected chi connectivity index (χ1v) is 4.54. The molecule has 0 spiro atoms. The first-order chi connectivity index (χ1) is 6.40. The van der Waals surface area contributed by atoms with Gasteiger partial charge in [-0.2, -0.15) is 4.98 Å². The van der Waals surface area contributed by atoms with Crippen molar-refractivity contribution in [2.45, 2.75) is 6.61 Å². The monoisotopic (exact) mass is 197 g/mol. The maximum absolute atomic E-state index is 4.96. The van der Waals surface area contributed by atoms with E-state index in [1.165, 1.54) is 11.3 Å². The van der Waals surface area contributed by atoms with Gasteiger partial charge in [0.25, 0.3) is 5.89 Å². The third-order valence-electron chi connectivity index (χ3n) is 1.39. The lowest BCUT2D eigenvalue weighted by Crippen LogP contribution is -1.89. The Morgan fingerprint density at radius 3 is 3.23 bits per heavy atom. The lowest BCUT2D eigenvalue weighted by atomic mass is 10.5. The van der Waals surface area contributed by atoms with Crippen molar-refractivity contribution in [3.63, 3.8) is 0 Å². The van der Waals surface area contributed by atoms with E-state index in [1.807, 2.05) is 5.38 Å². The maximum Gasteiger partial charge on any atom is 0.277 e. The second-order valence-corrected chi connectivity index (χ2v) is 3.04. The summed E-state index contributed by atoms with van der Waals surface area (Å²) >= 11 is 1.49. The van der Waals surface area contributed by atoms with Crippen LogP contribution in [-0.2, 0) is 11.3 Å². The third-order valence-corrected chi connectivity index (χ3v) is 1.98. The van der Waals surface area contributed by atoms with E-state index in [2.05, 4.69) is 15.1 Å². The van der Waals surface area contributed by atoms with Crippen molar-refractivity contribution in [1.82, 2.24) is 15.1 Å². The van der Waals surface area contributed by atoms with Crippen LogP contribution in [-0.4, -0.2) is 22.2 Å². The zero-order valence-corrected chi connectivity index (χ0v) is 7.74. The molecule has 0 bridgehead atoms. The highest BCUT2D eigenvalue weighted by atomic mass is 32.1. The number of nitrogens with zero attached hydrogens (tertiary/aromatic N) is 3. The van der Waals surface area contributed by atoms with Crippen LogP contribution in [0, 0.1) is 0 Å². The van der Waals surface area contributed by atoms with Gasteiger partial charge in [0.1, 0.15) is 12.3 Å². The van der Waals surface area contributed by atoms with Crippen LogP contribution in [0.3, 0.4) is 0 Å². The minimum atomic E-state index is 0.355. The number of hydrogen-bond acceptors (Lipinski definition) is 6. The second kappa shape index (κ2) is 3.63. The van der Waals surface area contributed by atoms with Crippen molar-refractivity contribution in [3.8, 4) is 11.6 Å². The largest absolute Gasteiger partial charge is 0.377 e.